The van der Waals surface area contributed by atoms with Gasteiger partial charge in [-0.25, -0.2) is 4.79 Å². The third-order valence-electron chi connectivity index (χ3n) is 4.30. The topological polar surface area (TPSA) is 94.2 Å². The molecule has 1 aromatic carbocycles. The average Bonchev–Trinajstić information content (AvgIpc) is 3.19. The van der Waals surface area contributed by atoms with Gasteiger partial charge in [-0.3, -0.25) is 9.59 Å². The normalized spacial score (nSPS) is 19.1. The lowest BCUT2D eigenvalue weighted by Crippen LogP contribution is -2.52. The number of carbonyl (C=O) groups excluding carboxylic acids is 3. The van der Waals surface area contributed by atoms with Crippen molar-refractivity contribution in [3.8, 4) is 11.5 Å². The van der Waals surface area contributed by atoms with Crippen LogP contribution in [-0.2, 0) is 19.1 Å². The first-order chi connectivity index (χ1) is 11.8. The summed E-state index contributed by atoms with van der Waals surface area (Å²) in [6, 6.07) is 5.21. The lowest BCUT2D eigenvalue weighted by atomic mass is 10.0. The minimum Gasteiger partial charge on any atom is -0.467 e. The van der Waals surface area contributed by atoms with Crippen molar-refractivity contribution in [3.05, 3.63) is 18.2 Å². The number of hydrogen-bond donors (Lipinski definition) is 1. The summed E-state index contributed by atoms with van der Waals surface area (Å²) in [7, 11) is 1.26. The van der Waals surface area contributed by atoms with Crippen molar-refractivity contribution in [2.24, 2.45) is 5.92 Å². The quantitative estimate of drug-likeness (QED) is 0.810. The Bertz CT molecular complexity index is 730. The number of nitrogens with one attached hydrogen (secondary N) is 1. The van der Waals surface area contributed by atoms with E-state index in [1.54, 1.807) is 32.0 Å². The van der Waals surface area contributed by atoms with E-state index in [0.717, 1.165) is 0 Å². The maximum Gasteiger partial charge on any atom is 0.330 e. The summed E-state index contributed by atoms with van der Waals surface area (Å²) >= 11 is 0. The van der Waals surface area contributed by atoms with Gasteiger partial charge in [-0.05, 0) is 26.0 Å². The molecular formula is C17H20N2O6. The van der Waals surface area contributed by atoms with E-state index in [9.17, 15) is 14.4 Å². The lowest BCUT2D eigenvalue weighted by molar-refractivity contribution is -0.149. The standard InChI is InChI=1S/C17H20N2O6/c1-17(2,16(22)23-3)18-15(21)10-6-14(20)19(8-10)11-4-5-12-13(7-11)25-9-24-12/h4-5,7,10H,6,8-9H2,1-3H3,(H,18,21). The molecule has 1 N–H and O–H groups in total. The zero-order valence-corrected chi connectivity index (χ0v) is 14.3. The molecule has 3 rings (SSSR count). The van der Waals surface area contributed by atoms with E-state index < -0.39 is 17.4 Å². The fourth-order valence-electron chi connectivity index (χ4n) is 2.90. The number of methoxy groups -OCH3 is 1. The van der Waals surface area contributed by atoms with E-state index in [-0.39, 0.29) is 31.6 Å². The summed E-state index contributed by atoms with van der Waals surface area (Å²) in [5.41, 5.74) is -0.502. The Hall–Kier alpha value is -2.77. The molecule has 1 fully saturated rings. The molecule has 2 aliphatic heterocycles. The van der Waals surface area contributed by atoms with Crippen molar-refractivity contribution < 1.29 is 28.6 Å². The van der Waals surface area contributed by atoms with Gasteiger partial charge in [0.2, 0.25) is 18.6 Å². The first kappa shape index (κ1) is 17.1. The molecule has 1 aromatic rings. The monoisotopic (exact) mass is 348 g/mol. The van der Waals surface area contributed by atoms with Gasteiger partial charge in [0.05, 0.1) is 13.0 Å². The first-order valence-electron chi connectivity index (χ1n) is 7.92. The van der Waals surface area contributed by atoms with Crippen LogP contribution < -0.4 is 19.7 Å². The van der Waals surface area contributed by atoms with Crippen molar-refractivity contribution in [1.29, 1.82) is 0 Å². The van der Waals surface area contributed by atoms with Gasteiger partial charge in [-0.15, -0.1) is 0 Å². The predicted octanol–water partition coefficient (Wildman–Crippen LogP) is 0.836. The van der Waals surface area contributed by atoms with Gasteiger partial charge < -0.3 is 24.4 Å². The Morgan fingerprint density at radius 1 is 1.28 bits per heavy atom. The molecule has 1 atom stereocenters. The fraction of sp³-hybridized carbons (Fsp3) is 0.471. The molecule has 2 heterocycles. The molecule has 2 amide bonds. The van der Waals surface area contributed by atoms with Crippen LogP contribution in [0.25, 0.3) is 0 Å². The maximum absolute atomic E-state index is 12.4. The van der Waals surface area contributed by atoms with Gasteiger partial charge in [0.15, 0.2) is 11.5 Å². The Kier molecular flexibility index (Phi) is 4.28. The second-order valence-corrected chi connectivity index (χ2v) is 6.55. The highest BCUT2D eigenvalue weighted by Gasteiger charge is 2.39. The molecule has 0 aliphatic carbocycles. The number of amides is 2. The lowest BCUT2D eigenvalue weighted by Gasteiger charge is -2.25. The molecule has 0 saturated carbocycles. The molecular weight excluding hydrogens is 328 g/mol. The van der Waals surface area contributed by atoms with Gasteiger partial charge in [-0.2, -0.15) is 0 Å². The van der Waals surface area contributed by atoms with E-state index in [1.807, 2.05) is 0 Å². The first-order valence-corrected chi connectivity index (χ1v) is 7.92. The van der Waals surface area contributed by atoms with E-state index in [2.05, 4.69) is 10.1 Å². The molecule has 134 valence electrons. The molecule has 0 bridgehead atoms. The zero-order valence-electron chi connectivity index (χ0n) is 14.3. The van der Waals surface area contributed by atoms with E-state index in [4.69, 9.17) is 9.47 Å². The Morgan fingerprint density at radius 3 is 2.72 bits per heavy atom. The number of fused-ring (bicyclic) bond motifs is 1. The summed E-state index contributed by atoms with van der Waals surface area (Å²) in [6.45, 7) is 3.51. The zero-order chi connectivity index (χ0) is 18.2. The van der Waals surface area contributed by atoms with E-state index in [1.165, 1.54) is 12.0 Å². The Labute approximate surface area is 145 Å². The number of hydrogen-bond acceptors (Lipinski definition) is 6. The molecule has 8 heteroatoms. The second-order valence-electron chi connectivity index (χ2n) is 6.55. The molecule has 0 radical (unpaired) electrons. The van der Waals surface area contributed by atoms with Crippen molar-refractivity contribution in [2.45, 2.75) is 25.8 Å². The van der Waals surface area contributed by atoms with Crippen LogP contribution >= 0.6 is 0 Å². The predicted molar refractivity (Wildman–Crippen MR) is 87.3 cm³/mol. The van der Waals surface area contributed by atoms with Crippen LogP contribution in [0.3, 0.4) is 0 Å². The largest absolute Gasteiger partial charge is 0.467 e. The summed E-state index contributed by atoms with van der Waals surface area (Å²) in [6.07, 6.45) is 0.0809. The summed E-state index contributed by atoms with van der Waals surface area (Å²) in [5.74, 6) is -0.393. The maximum atomic E-state index is 12.4. The van der Waals surface area contributed by atoms with Crippen molar-refractivity contribution >= 4 is 23.5 Å². The number of carbonyl (C=O) groups is 3. The van der Waals surface area contributed by atoms with Crippen LogP contribution in [0.15, 0.2) is 18.2 Å². The molecule has 1 saturated heterocycles. The summed E-state index contributed by atoms with van der Waals surface area (Å²) < 4.78 is 15.3. The SMILES string of the molecule is COC(=O)C(C)(C)NC(=O)C1CC(=O)N(c2ccc3c(c2)OCO3)C1. The van der Waals surface area contributed by atoms with Crippen LogP contribution in [0, 0.1) is 5.92 Å². The molecule has 0 aromatic heterocycles. The smallest absolute Gasteiger partial charge is 0.330 e. The number of nitrogens with zero attached hydrogens (tertiary/aromatic N) is 1. The number of ether oxygens (including phenoxy) is 3. The molecule has 8 nitrogen and oxygen atoms in total. The van der Waals surface area contributed by atoms with Gasteiger partial charge in [0.1, 0.15) is 5.54 Å². The van der Waals surface area contributed by atoms with Gasteiger partial charge in [0.25, 0.3) is 0 Å². The van der Waals surface area contributed by atoms with Crippen LogP contribution in [-0.4, -0.2) is 43.8 Å². The van der Waals surface area contributed by atoms with E-state index in [0.29, 0.717) is 17.2 Å². The number of esters is 1. The van der Waals surface area contributed by atoms with Gasteiger partial charge in [-0.1, -0.05) is 0 Å². The van der Waals surface area contributed by atoms with Crippen molar-refractivity contribution in [1.82, 2.24) is 5.32 Å². The van der Waals surface area contributed by atoms with Crippen LogP contribution in [0.1, 0.15) is 20.3 Å². The van der Waals surface area contributed by atoms with Crippen molar-refractivity contribution in [3.63, 3.8) is 0 Å². The highest BCUT2D eigenvalue weighted by molar-refractivity contribution is 6.01. The number of benzene rings is 1. The third kappa shape index (κ3) is 3.24. The van der Waals surface area contributed by atoms with Crippen LogP contribution in [0.2, 0.25) is 0 Å². The van der Waals surface area contributed by atoms with E-state index >= 15 is 0 Å². The molecule has 1 unspecified atom stereocenters. The summed E-state index contributed by atoms with van der Waals surface area (Å²) in [5, 5.41) is 2.65. The average molecular weight is 348 g/mol. The van der Waals surface area contributed by atoms with Gasteiger partial charge >= 0.3 is 5.97 Å². The number of anilines is 1. The molecule has 25 heavy (non-hydrogen) atoms. The number of rotatable bonds is 4. The second kappa shape index (κ2) is 6.27. The third-order valence-corrected chi connectivity index (χ3v) is 4.30. The molecule has 0 spiro atoms. The Morgan fingerprint density at radius 2 is 2.00 bits per heavy atom. The molecule has 2 aliphatic rings. The Balaban J connectivity index is 1.70. The van der Waals surface area contributed by atoms with Crippen LogP contribution in [0.4, 0.5) is 5.69 Å². The van der Waals surface area contributed by atoms with Crippen molar-refractivity contribution in [2.75, 3.05) is 25.3 Å². The summed E-state index contributed by atoms with van der Waals surface area (Å²) in [4.78, 5) is 38.0. The minimum absolute atomic E-state index is 0.0809. The highest BCUT2D eigenvalue weighted by atomic mass is 16.7. The highest BCUT2D eigenvalue weighted by Crippen LogP contribution is 2.37. The van der Waals surface area contributed by atoms with Crippen LogP contribution in [0.5, 0.6) is 11.5 Å². The minimum atomic E-state index is -1.15. The van der Waals surface area contributed by atoms with Gasteiger partial charge in [0, 0.05) is 24.7 Å². The fourth-order valence-corrected chi connectivity index (χ4v) is 2.90.